The monoisotopic (exact) mass is 180 g/mol. The Hall–Kier alpha value is -1.25. The van der Waals surface area contributed by atoms with Crippen LogP contribution >= 0.6 is 0 Å². The summed E-state index contributed by atoms with van der Waals surface area (Å²) < 4.78 is 0. The maximum atomic E-state index is 11.2. The van der Waals surface area contributed by atoms with Gasteiger partial charge in [0.05, 0.1) is 6.54 Å². The van der Waals surface area contributed by atoms with Crippen LogP contribution in [0.5, 0.6) is 0 Å². The highest BCUT2D eigenvalue weighted by Gasteiger charge is 1.99. The number of rotatable bonds is 5. The summed E-state index contributed by atoms with van der Waals surface area (Å²) in [7, 11) is 0. The lowest BCUT2D eigenvalue weighted by molar-refractivity contribution is -0.121. The first kappa shape index (κ1) is 9.84. The first-order valence-corrected chi connectivity index (χ1v) is 4.72. The van der Waals surface area contributed by atoms with E-state index in [9.17, 15) is 4.79 Å². The van der Waals surface area contributed by atoms with E-state index in [4.69, 9.17) is 0 Å². The van der Waals surface area contributed by atoms with Crippen LogP contribution in [-0.4, -0.2) is 10.9 Å². The van der Waals surface area contributed by atoms with Crippen molar-refractivity contribution in [3.8, 4) is 0 Å². The van der Waals surface area contributed by atoms with Gasteiger partial charge in [-0.2, -0.15) is 0 Å². The van der Waals surface area contributed by atoms with Gasteiger partial charge in [0.25, 0.3) is 0 Å². The van der Waals surface area contributed by atoms with Gasteiger partial charge < -0.3 is 10.3 Å². The molecule has 1 rings (SSSR count). The quantitative estimate of drug-likeness (QED) is 0.713. The van der Waals surface area contributed by atoms with Gasteiger partial charge in [0, 0.05) is 18.3 Å². The second-order valence-corrected chi connectivity index (χ2v) is 3.08. The standard InChI is InChI=1S/C10H16N2O/c1-2-3-6-10(13)12-8-9-5-4-7-11-9/h4-5,7,11H,2-3,6,8H2,1H3,(H,12,13). The van der Waals surface area contributed by atoms with Gasteiger partial charge in [0.15, 0.2) is 0 Å². The first-order chi connectivity index (χ1) is 6.33. The van der Waals surface area contributed by atoms with Gasteiger partial charge in [-0.25, -0.2) is 0 Å². The van der Waals surface area contributed by atoms with Crippen LogP contribution in [0.15, 0.2) is 18.3 Å². The summed E-state index contributed by atoms with van der Waals surface area (Å²) in [6.45, 7) is 2.69. The van der Waals surface area contributed by atoms with Gasteiger partial charge >= 0.3 is 0 Å². The summed E-state index contributed by atoms with van der Waals surface area (Å²) in [5, 5.41) is 2.85. The average Bonchev–Trinajstić information content (AvgIpc) is 2.64. The lowest BCUT2D eigenvalue weighted by atomic mass is 10.2. The molecule has 3 nitrogen and oxygen atoms in total. The number of hydrogen-bond acceptors (Lipinski definition) is 1. The molecule has 0 radical (unpaired) electrons. The number of H-pyrrole nitrogens is 1. The number of hydrogen-bond donors (Lipinski definition) is 2. The molecule has 0 saturated heterocycles. The molecular formula is C10H16N2O. The third-order valence-electron chi connectivity index (χ3n) is 1.90. The molecule has 0 atom stereocenters. The molecule has 3 heteroatoms. The number of amides is 1. The summed E-state index contributed by atoms with van der Waals surface area (Å²) in [5.41, 5.74) is 1.05. The van der Waals surface area contributed by atoms with Crippen molar-refractivity contribution in [2.45, 2.75) is 32.7 Å². The van der Waals surface area contributed by atoms with Crippen LogP contribution in [0, 0.1) is 0 Å². The predicted octanol–water partition coefficient (Wildman–Crippen LogP) is 1.82. The van der Waals surface area contributed by atoms with Gasteiger partial charge in [-0.15, -0.1) is 0 Å². The molecule has 1 amide bonds. The van der Waals surface area contributed by atoms with Crippen molar-refractivity contribution in [2.24, 2.45) is 0 Å². The van der Waals surface area contributed by atoms with Crippen LogP contribution in [-0.2, 0) is 11.3 Å². The van der Waals surface area contributed by atoms with E-state index in [2.05, 4.69) is 17.2 Å². The maximum absolute atomic E-state index is 11.2. The highest BCUT2D eigenvalue weighted by molar-refractivity contribution is 5.75. The Bertz CT molecular complexity index is 241. The largest absolute Gasteiger partial charge is 0.364 e. The van der Waals surface area contributed by atoms with Crippen molar-refractivity contribution in [3.05, 3.63) is 24.0 Å². The summed E-state index contributed by atoms with van der Waals surface area (Å²) in [6, 6.07) is 3.88. The molecule has 0 saturated carbocycles. The Labute approximate surface area is 78.5 Å². The Morgan fingerprint density at radius 3 is 3.08 bits per heavy atom. The van der Waals surface area contributed by atoms with E-state index in [0.29, 0.717) is 13.0 Å². The third-order valence-corrected chi connectivity index (χ3v) is 1.90. The molecule has 0 aliphatic carbocycles. The summed E-state index contributed by atoms with van der Waals surface area (Å²) in [5.74, 6) is 0.136. The van der Waals surface area contributed by atoms with Crippen LogP contribution in [0.4, 0.5) is 0 Å². The fraction of sp³-hybridized carbons (Fsp3) is 0.500. The fourth-order valence-electron chi connectivity index (χ4n) is 1.10. The molecule has 0 aliphatic heterocycles. The molecule has 0 aliphatic rings. The Morgan fingerprint density at radius 1 is 1.62 bits per heavy atom. The molecule has 1 aromatic rings. The van der Waals surface area contributed by atoms with Crippen LogP contribution < -0.4 is 5.32 Å². The Morgan fingerprint density at radius 2 is 2.46 bits per heavy atom. The SMILES string of the molecule is CCCCC(=O)NCc1ccc[nH]1. The van der Waals surface area contributed by atoms with Crippen molar-refractivity contribution < 1.29 is 4.79 Å². The van der Waals surface area contributed by atoms with E-state index < -0.39 is 0 Å². The van der Waals surface area contributed by atoms with Gasteiger partial charge in [0.1, 0.15) is 0 Å². The molecule has 2 N–H and O–H groups in total. The topological polar surface area (TPSA) is 44.9 Å². The van der Waals surface area contributed by atoms with Crippen molar-refractivity contribution in [3.63, 3.8) is 0 Å². The molecular weight excluding hydrogens is 164 g/mol. The molecule has 72 valence electrons. The van der Waals surface area contributed by atoms with Crippen LogP contribution in [0.25, 0.3) is 0 Å². The molecule has 0 unspecified atom stereocenters. The van der Waals surface area contributed by atoms with Gasteiger partial charge in [0.2, 0.25) is 5.91 Å². The number of aromatic amines is 1. The Kier molecular flexibility index (Phi) is 4.09. The van der Waals surface area contributed by atoms with Gasteiger partial charge in [-0.1, -0.05) is 13.3 Å². The Balaban J connectivity index is 2.15. The smallest absolute Gasteiger partial charge is 0.220 e. The van der Waals surface area contributed by atoms with E-state index in [1.807, 2.05) is 18.3 Å². The highest BCUT2D eigenvalue weighted by Crippen LogP contribution is 1.96. The number of carbonyl (C=O) groups is 1. The second-order valence-electron chi connectivity index (χ2n) is 3.08. The van der Waals surface area contributed by atoms with E-state index in [0.717, 1.165) is 18.5 Å². The predicted molar refractivity (Wildman–Crippen MR) is 52.2 cm³/mol. The normalized spacial score (nSPS) is 9.92. The number of aromatic nitrogens is 1. The first-order valence-electron chi connectivity index (χ1n) is 4.72. The zero-order valence-electron chi connectivity index (χ0n) is 7.97. The maximum Gasteiger partial charge on any atom is 0.220 e. The summed E-state index contributed by atoms with van der Waals surface area (Å²) >= 11 is 0. The lowest BCUT2D eigenvalue weighted by Gasteiger charge is -2.02. The molecule has 0 spiro atoms. The molecule has 0 bridgehead atoms. The zero-order valence-corrected chi connectivity index (χ0v) is 7.97. The van der Waals surface area contributed by atoms with E-state index in [1.54, 1.807) is 0 Å². The molecule has 1 heterocycles. The number of unbranched alkanes of at least 4 members (excludes halogenated alkanes) is 1. The van der Waals surface area contributed by atoms with E-state index in [-0.39, 0.29) is 5.91 Å². The van der Waals surface area contributed by atoms with Crippen molar-refractivity contribution in [1.82, 2.24) is 10.3 Å². The van der Waals surface area contributed by atoms with Gasteiger partial charge in [-0.3, -0.25) is 4.79 Å². The fourth-order valence-corrected chi connectivity index (χ4v) is 1.10. The van der Waals surface area contributed by atoms with E-state index in [1.165, 1.54) is 0 Å². The van der Waals surface area contributed by atoms with Crippen molar-refractivity contribution in [2.75, 3.05) is 0 Å². The lowest BCUT2D eigenvalue weighted by Crippen LogP contribution is -2.22. The molecule has 1 aromatic heterocycles. The number of carbonyl (C=O) groups excluding carboxylic acids is 1. The minimum absolute atomic E-state index is 0.136. The van der Waals surface area contributed by atoms with Crippen molar-refractivity contribution >= 4 is 5.91 Å². The van der Waals surface area contributed by atoms with E-state index >= 15 is 0 Å². The summed E-state index contributed by atoms with van der Waals surface area (Å²) in [6.07, 6.45) is 4.53. The minimum atomic E-state index is 0.136. The molecule has 0 aromatic carbocycles. The molecule has 13 heavy (non-hydrogen) atoms. The van der Waals surface area contributed by atoms with Crippen LogP contribution in [0.2, 0.25) is 0 Å². The van der Waals surface area contributed by atoms with Crippen molar-refractivity contribution in [1.29, 1.82) is 0 Å². The number of nitrogens with one attached hydrogen (secondary N) is 2. The highest BCUT2D eigenvalue weighted by atomic mass is 16.1. The third kappa shape index (κ3) is 3.78. The second kappa shape index (κ2) is 5.41. The minimum Gasteiger partial charge on any atom is -0.364 e. The summed E-state index contributed by atoms with van der Waals surface area (Å²) in [4.78, 5) is 14.2. The van der Waals surface area contributed by atoms with Crippen LogP contribution in [0.1, 0.15) is 31.9 Å². The average molecular weight is 180 g/mol. The zero-order chi connectivity index (χ0) is 9.52. The molecule has 0 fully saturated rings. The van der Waals surface area contributed by atoms with Gasteiger partial charge in [-0.05, 0) is 18.6 Å². The van der Waals surface area contributed by atoms with Crippen LogP contribution in [0.3, 0.4) is 0 Å².